The molecule has 2 saturated heterocycles. The van der Waals surface area contributed by atoms with Crippen LogP contribution in [0.3, 0.4) is 0 Å². The Morgan fingerprint density at radius 1 is 0.925 bits per heavy atom. The fraction of sp³-hybridized carbons (Fsp3) is 0.400. The number of anilines is 1. The Bertz CT molecular complexity index is 1290. The zero-order valence-corrected chi connectivity index (χ0v) is 24.9. The van der Waals surface area contributed by atoms with Crippen molar-refractivity contribution < 1.29 is 9.53 Å². The molecule has 0 saturated carbocycles. The van der Waals surface area contributed by atoms with Gasteiger partial charge in [-0.15, -0.1) is 0 Å². The van der Waals surface area contributed by atoms with Crippen molar-refractivity contribution in [2.45, 2.75) is 32.0 Å². The first-order chi connectivity index (χ1) is 19.4. The molecule has 2 aliphatic heterocycles. The topological polar surface area (TPSA) is 60.9 Å². The van der Waals surface area contributed by atoms with Gasteiger partial charge in [-0.05, 0) is 73.5 Å². The lowest BCUT2D eigenvalue weighted by atomic mass is 10.0. The van der Waals surface area contributed by atoms with E-state index in [9.17, 15) is 4.79 Å². The highest BCUT2D eigenvalue weighted by Gasteiger charge is 2.28. The molecule has 0 spiro atoms. The number of benzene rings is 2. The lowest BCUT2D eigenvalue weighted by Crippen LogP contribution is -2.53. The van der Waals surface area contributed by atoms with Gasteiger partial charge < -0.3 is 15.0 Å². The van der Waals surface area contributed by atoms with Crippen molar-refractivity contribution in [2.75, 3.05) is 51.3 Å². The number of pyridine rings is 1. The predicted molar refractivity (Wildman–Crippen MR) is 162 cm³/mol. The summed E-state index contributed by atoms with van der Waals surface area (Å²) in [7, 11) is 1.70. The lowest BCUT2D eigenvalue weighted by Gasteiger charge is -2.43. The molecule has 3 aromatic rings. The zero-order valence-electron chi connectivity index (χ0n) is 22.6. The number of hydrogen-bond acceptors (Lipinski definition) is 6. The number of nitrogens with zero attached hydrogens (tertiary/aromatic N) is 4. The third-order valence-corrected chi connectivity index (χ3v) is 8.43. The Morgan fingerprint density at radius 2 is 1.60 bits per heavy atom. The minimum absolute atomic E-state index is 0.250. The Labute approximate surface area is 251 Å². The van der Waals surface area contributed by atoms with Crippen molar-refractivity contribution in [2.24, 2.45) is 0 Å². The second-order valence-corrected chi connectivity index (χ2v) is 11.6. The van der Waals surface area contributed by atoms with Gasteiger partial charge in [-0.3, -0.25) is 14.6 Å². The van der Waals surface area contributed by atoms with Crippen molar-refractivity contribution in [3.8, 4) is 5.75 Å². The summed E-state index contributed by atoms with van der Waals surface area (Å²) in [5.41, 5.74) is 2.57. The highest BCUT2D eigenvalue weighted by atomic mass is 35.5. The molecule has 1 amide bonds. The number of methoxy groups -OCH3 is 1. The van der Waals surface area contributed by atoms with Crippen LogP contribution in [0.1, 0.15) is 34.3 Å². The minimum atomic E-state index is -0.250. The summed E-state index contributed by atoms with van der Waals surface area (Å²) < 4.78 is 5.27. The Balaban J connectivity index is 1.08. The second-order valence-electron chi connectivity index (χ2n) is 10.4. The summed E-state index contributed by atoms with van der Waals surface area (Å²) in [6.07, 6.45) is 3.95. The average Bonchev–Trinajstić information content (AvgIpc) is 2.96. The smallest absolute Gasteiger partial charge is 0.253 e. The number of carbonyl (C=O) groups excluding carboxylic acids is 1. The molecule has 0 bridgehead atoms. The number of carbonyl (C=O) groups is 1. The van der Waals surface area contributed by atoms with E-state index in [4.69, 9.17) is 39.5 Å². The van der Waals surface area contributed by atoms with Gasteiger partial charge >= 0.3 is 0 Å². The van der Waals surface area contributed by atoms with Gasteiger partial charge in [0.15, 0.2) is 0 Å². The molecule has 10 heteroatoms. The first-order valence-corrected chi connectivity index (χ1v) is 14.7. The van der Waals surface area contributed by atoms with Crippen LogP contribution >= 0.6 is 34.8 Å². The number of piperidine rings is 1. The van der Waals surface area contributed by atoms with Crippen LogP contribution in [0.15, 0.2) is 54.7 Å². The molecule has 0 atom stereocenters. The van der Waals surface area contributed by atoms with Gasteiger partial charge in [0.25, 0.3) is 5.91 Å². The average molecular weight is 603 g/mol. The van der Waals surface area contributed by atoms with Crippen molar-refractivity contribution in [1.82, 2.24) is 20.1 Å². The van der Waals surface area contributed by atoms with Crippen LogP contribution in [0.25, 0.3) is 0 Å². The van der Waals surface area contributed by atoms with E-state index in [1.54, 1.807) is 37.6 Å². The Hall–Kier alpha value is -2.55. The van der Waals surface area contributed by atoms with E-state index in [1.165, 1.54) is 18.4 Å². The van der Waals surface area contributed by atoms with Gasteiger partial charge in [0.2, 0.25) is 0 Å². The van der Waals surface area contributed by atoms with Crippen LogP contribution < -0.4 is 15.0 Å². The van der Waals surface area contributed by atoms with E-state index in [0.717, 1.165) is 62.9 Å². The van der Waals surface area contributed by atoms with E-state index >= 15 is 0 Å². The predicted octanol–water partition coefficient (Wildman–Crippen LogP) is 5.77. The highest BCUT2D eigenvalue weighted by Crippen LogP contribution is 2.27. The van der Waals surface area contributed by atoms with Gasteiger partial charge in [-0.25, -0.2) is 4.98 Å². The second kappa shape index (κ2) is 13.4. The van der Waals surface area contributed by atoms with Crippen molar-refractivity contribution in [3.05, 3.63) is 86.5 Å². The van der Waals surface area contributed by atoms with Crippen molar-refractivity contribution in [1.29, 1.82) is 0 Å². The van der Waals surface area contributed by atoms with E-state index < -0.39 is 0 Å². The van der Waals surface area contributed by atoms with Crippen LogP contribution in [0.2, 0.25) is 15.1 Å². The number of likely N-dealkylation sites (tertiary alicyclic amines) is 1. The number of aromatic nitrogens is 1. The number of piperazine rings is 1. The molecule has 212 valence electrons. The molecule has 3 heterocycles. The number of ether oxygens (including phenoxy) is 1. The van der Waals surface area contributed by atoms with Crippen LogP contribution in [0.5, 0.6) is 5.75 Å². The summed E-state index contributed by atoms with van der Waals surface area (Å²) in [6.45, 7) is 7.19. The number of rotatable bonds is 8. The summed E-state index contributed by atoms with van der Waals surface area (Å²) in [5.74, 6) is 1.38. The zero-order chi connectivity index (χ0) is 28.1. The summed E-state index contributed by atoms with van der Waals surface area (Å²) in [6, 6.07) is 15.9. The van der Waals surface area contributed by atoms with Crippen molar-refractivity contribution in [3.63, 3.8) is 0 Å². The number of hydrogen-bond donors (Lipinski definition) is 1. The monoisotopic (exact) mass is 601 g/mol. The molecule has 1 N–H and O–H groups in total. The SMILES string of the molecule is COc1ccc(CN2CCC(N3CCN(c4ncc(C(=O)NCc5cc(Cl)cc(Cl)c5)cc4Cl)CC3)CC2)cc1. The van der Waals surface area contributed by atoms with Gasteiger partial charge in [-0.2, -0.15) is 0 Å². The number of amides is 1. The molecule has 7 nitrogen and oxygen atoms in total. The van der Waals surface area contributed by atoms with E-state index in [0.29, 0.717) is 33.2 Å². The van der Waals surface area contributed by atoms with E-state index in [1.807, 2.05) is 12.1 Å². The summed E-state index contributed by atoms with van der Waals surface area (Å²) in [5, 5.41) is 4.42. The Kier molecular flexibility index (Phi) is 9.71. The Morgan fingerprint density at radius 3 is 2.23 bits per heavy atom. The van der Waals surface area contributed by atoms with Gasteiger partial charge in [0.1, 0.15) is 11.6 Å². The number of halogens is 3. The molecule has 2 aromatic carbocycles. The fourth-order valence-corrected chi connectivity index (χ4v) is 6.37. The quantitative estimate of drug-likeness (QED) is 0.354. The van der Waals surface area contributed by atoms with Gasteiger partial charge in [0.05, 0.1) is 17.7 Å². The molecule has 2 fully saturated rings. The molecule has 0 aliphatic carbocycles. The van der Waals surface area contributed by atoms with Crippen LogP contribution in [-0.4, -0.2) is 73.1 Å². The molecule has 40 heavy (non-hydrogen) atoms. The molecule has 5 rings (SSSR count). The lowest BCUT2D eigenvalue weighted by molar-refractivity contribution is 0.0950. The highest BCUT2D eigenvalue weighted by molar-refractivity contribution is 6.34. The van der Waals surface area contributed by atoms with Crippen LogP contribution in [-0.2, 0) is 13.1 Å². The standard InChI is InChI=1S/C30H34Cl3N5O2/c1-40-27-4-2-21(3-5-27)20-36-8-6-26(7-9-36)37-10-12-38(13-11-37)29-28(33)16-23(19-34-29)30(39)35-18-22-14-24(31)17-25(32)15-22/h2-5,14-17,19,26H,6-13,18,20H2,1H3,(H,35,39). The molecule has 0 radical (unpaired) electrons. The number of nitrogens with one attached hydrogen (secondary N) is 1. The van der Waals surface area contributed by atoms with E-state index in [2.05, 4.69) is 37.1 Å². The molecule has 1 aromatic heterocycles. The molecular formula is C30H34Cl3N5O2. The van der Waals surface area contributed by atoms with Gasteiger partial charge in [-0.1, -0.05) is 46.9 Å². The minimum Gasteiger partial charge on any atom is -0.497 e. The first-order valence-electron chi connectivity index (χ1n) is 13.6. The van der Waals surface area contributed by atoms with Crippen molar-refractivity contribution >= 4 is 46.5 Å². The first kappa shape index (κ1) is 29.0. The largest absolute Gasteiger partial charge is 0.497 e. The van der Waals surface area contributed by atoms with E-state index in [-0.39, 0.29) is 5.91 Å². The summed E-state index contributed by atoms with van der Waals surface area (Å²) in [4.78, 5) is 24.6. The maximum atomic E-state index is 12.7. The normalized spacial score (nSPS) is 17.1. The summed E-state index contributed by atoms with van der Waals surface area (Å²) >= 11 is 18.7. The fourth-order valence-electron chi connectivity index (χ4n) is 5.52. The molecular weight excluding hydrogens is 569 g/mol. The maximum absolute atomic E-state index is 12.7. The molecule has 2 aliphatic rings. The third kappa shape index (κ3) is 7.39. The van der Waals surface area contributed by atoms with Crippen LogP contribution in [0, 0.1) is 0 Å². The van der Waals surface area contributed by atoms with Crippen LogP contribution in [0.4, 0.5) is 5.82 Å². The third-order valence-electron chi connectivity index (χ3n) is 7.71. The van der Waals surface area contributed by atoms with Gasteiger partial charge in [0, 0.05) is 61.6 Å². The maximum Gasteiger partial charge on any atom is 0.253 e. The molecule has 0 unspecified atom stereocenters.